The lowest BCUT2D eigenvalue weighted by Gasteiger charge is -2.47. The van der Waals surface area contributed by atoms with E-state index in [1.54, 1.807) is 12.1 Å². The summed E-state index contributed by atoms with van der Waals surface area (Å²) in [6.45, 7) is 1.71. The summed E-state index contributed by atoms with van der Waals surface area (Å²) in [6.07, 6.45) is -4.73. The molecule has 2 heterocycles. The fourth-order valence-electron chi connectivity index (χ4n) is 4.50. The molecule has 2 aromatic rings. The van der Waals surface area contributed by atoms with Gasteiger partial charge < -0.3 is 35.0 Å². The number of halogens is 1. The molecule has 174 valence electrons. The fraction of sp³-hybridized carbons (Fsp3) is 0.500. The van der Waals surface area contributed by atoms with Crippen molar-refractivity contribution in [1.82, 2.24) is 0 Å². The second kappa shape index (κ2) is 9.37. The van der Waals surface area contributed by atoms with Crippen LogP contribution in [-0.4, -0.2) is 62.7 Å². The molecule has 1 spiro atoms. The predicted molar refractivity (Wildman–Crippen MR) is 117 cm³/mol. The molecule has 7 nitrogen and oxygen atoms in total. The summed E-state index contributed by atoms with van der Waals surface area (Å²) in [6, 6.07) is 11.6. The van der Waals surface area contributed by atoms with Crippen LogP contribution in [0, 0.1) is 0 Å². The molecule has 2 aromatic carbocycles. The fourth-order valence-corrected chi connectivity index (χ4v) is 4.75. The highest BCUT2D eigenvalue weighted by Gasteiger charge is 2.59. The molecule has 0 bridgehead atoms. The van der Waals surface area contributed by atoms with Crippen molar-refractivity contribution in [2.45, 2.75) is 69.1 Å². The molecule has 4 rings (SSSR count). The lowest BCUT2D eigenvalue weighted by atomic mass is 9.85. The summed E-state index contributed by atoms with van der Waals surface area (Å²) in [5.74, 6) is -1.71. The number of benzene rings is 2. The highest BCUT2D eigenvalue weighted by Crippen LogP contribution is 2.47. The maximum absolute atomic E-state index is 10.8. The Morgan fingerprint density at radius 2 is 1.78 bits per heavy atom. The minimum atomic E-state index is -1.71. The zero-order valence-electron chi connectivity index (χ0n) is 17.8. The Morgan fingerprint density at radius 1 is 1.09 bits per heavy atom. The van der Waals surface area contributed by atoms with Gasteiger partial charge in [-0.05, 0) is 60.6 Å². The Hall–Kier alpha value is -1.55. The van der Waals surface area contributed by atoms with Crippen LogP contribution in [0.1, 0.15) is 41.2 Å². The first-order valence-electron chi connectivity index (χ1n) is 10.8. The zero-order valence-corrected chi connectivity index (χ0v) is 18.6. The molecule has 0 radical (unpaired) electrons. The van der Waals surface area contributed by atoms with Crippen molar-refractivity contribution in [3.8, 4) is 0 Å². The van der Waals surface area contributed by atoms with Gasteiger partial charge in [-0.25, -0.2) is 0 Å². The zero-order chi connectivity index (χ0) is 23.0. The minimum Gasteiger partial charge on any atom is -0.396 e. The van der Waals surface area contributed by atoms with Gasteiger partial charge in [-0.2, -0.15) is 0 Å². The van der Waals surface area contributed by atoms with Crippen LogP contribution in [0.15, 0.2) is 36.4 Å². The summed E-state index contributed by atoms with van der Waals surface area (Å²) in [5, 5.41) is 51.1. The van der Waals surface area contributed by atoms with Gasteiger partial charge >= 0.3 is 0 Å². The van der Waals surface area contributed by atoms with E-state index in [1.807, 2.05) is 24.3 Å². The van der Waals surface area contributed by atoms with Crippen molar-refractivity contribution in [2.75, 3.05) is 6.61 Å². The predicted octanol–water partition coefficient (Wildman–Crippen LogP) is 1.40. The van der Waals surface area contributed by atoms with E-state index >= 15 is 0 Å². The molecule has 1 saturated heterocycles. The number of ether oxygens (including phenoxy) is 2. The molecule has 0 saturated carbocycles. The maximum Gasteiger partial charge on any atom is 0.225 e. The van der Waals surface area contributed by atoms with E-state index in [0.717, 1.165) is 23.1 Å². The van der Waals surface area contributed by atoms with E-state index in [-0.39, 0.29) is 13.2 Å². The third kappa shape index (κ3) is 4.20. The van der Waals surface area contributed by atoms with Gasteiger partial charge in [-0.15, -0.1) is 0 Å². The van der Waals surface area contributed by atoms with E-state index in [1.165, 1.54) is 6.92 Å². The second-order valence-electron chi connectivity index (χ2n) is 8.63. The molecule has 32 heavy (non-hydrogen) atoms. The number of hydrogen-bond donors (Lipinski definition) is 5. The van der Waals surface area contributed by atoms with Crippen LogP contribution in [0.2, 0.25) is 5.02 Å². The van der Waals surface area contributed by atoms with Crippen molar-refractivity contribution in [3.05, 3.63) is 69.2 Å². The average Bonchev–Trinajstić information content (AvgIpc) is 3.12. The van der Waals surface area contributed by atoms with Crippen LogP contribution < -0.4 is 0 Å². The van der Waals surface area contributed by atoms with E-state index < -0.39 is 36.3 Å². The monoisotopic (exact) mass is 464 g/mol. The summed E-state index contributed by atoms with van der Waals surface area (Å²) >= 11 is 6.54. The normalized spacial score (nSPS) is 30.5. The topological polar surface area (TPSA) is 120 Å². The third-order valence-corrected chi connectivity index (χ3v) is 6.67. The Bertz CT molecular complexity index is 948. The van der Waals surface area contributed by atoms with Crippen molar-refractivity contribution < 1.29 is 35.0 Å². The summed E-state index contributed by atoms with van der Waals surface area (Å²) < 4.78 is 11.8. The van der Waals surface area contributed by atoms with Crippen molar-refractivity contribution in [1.29, 1.82) is 0 Å². The number of rotatable bonds is 6. The Balaban J connectivity index is 1.65. The van der Waals surface area contributed by atoms with Crippen LogP contribution >= 0.6 is 11.6 Å². The smallest absolute Gasteiger partial charge is 0.225 e. The first kappa shape index (κ1) is 23.6. The quantitative estimate of drug-likeness (QED) is 0.438. The summed E-state index contributed by atoms with van der Waals surface area (Å²) in [4.78, 5) is 0. The molecule has 8 heteroatoms. The molecule has 0 amide bonds. The van der Waals surface area contributed by atoms with E-state index in [0.29, 0.717) is 29.0 Å². The van der Waals surface area contributed by atoms with Gasteiger partial charge in [0.2, 0.25) is 5.79 Å². The van der Waals surface area contributed by atoms with Gasteiger partial charge in [-0.3, -0.25) is 0 Å². The van der Waals surface area contributed by atoms with Crippen LogP contribution in [0.5, 0.6) is 0 Å². The first-order chi connectivity index (χ1) is 15.3. The molecule has 0 aromatic heterocycles. The maximum atomic E-state index is 10.8. The lowest BCUT2D eigenvalue weighted by Crippen LogP contribution is -2.64. The number of aryl methyl sites for hydroxylation is 1. The van der Waals surface area contributed by atoms with Crippen LogP contribution in [0.3, 0.4) is 0 Å². The summed E-state index contributed by atoms with van der Waals surface area (Å²) in [7, 11) is 0. The van der Waals surface area contributed by atoms with Crippen LogP contribution in [-0.2, 0) is 34.7 Å². The molecular formula is C24H29ClO7. The van der Waals surface area contributed by atoms with E-state index in [2.05, 4.69) is 0 Å². The number of hydrogen-bond acceptors (Lipinski definition) is 7. The van der Waals surface area contributed by atoms with Gasteiger partial charge in [0.25, 0.3) is 0 Å². The molecule has 6 atom stereocenters. The molecule has 5 N–H and O–H groups in total. The Morgan fingerprint density at radius 3 is 2.44 bits per heavy atom. The highest BCUT2D eigenvalue weighted by atomic mass is 35.5. The Labute approximate surface area is 191 Å². The van der Waals surface area contributed by atoms with Crippen molar-refractivity contribution >= 4 is 11.6 Å². The number of aliphatic hydroxyl groups excluding tert-OH is 5. The minimum absolute atomic E-state index is 0.112. The Kier molecular flexibility index (Phi) is 6.91. The first-order valence-corrected chi connectivity index (χ1v) is 11.2. The van der Waals surface area contributed by atoms with E-state index in [4.69, 9.17) is 26.2 Å². The SMILES string of the molecule is C[C@@H](O)[C@H]1O[C@]2(OCc3cc(Cl)c(Cc4ccc(CCCO)cc4)cc32)[C@H](O)[C@@H](O)[C@@H]1O. The van der Waals surface area contributed by atoms with Gasteiger partial charge in [0.05, 0.1) is 12.7 Å². The van der Waals surface area contributed by atoms with E-state index in [9.17, 15) is 20.4 Å². The molecule has 0 aliphatic carbocycles. The molecule has 1 fully saturated rings. The lowest BCUT2D eigenvalue weighted by molar-refractivity contribution is -0.374. The van der Waals surface area contributed by atoms with Crippen molar-refractivity contribution in [3.63, 3.8) is 0 Å². The average molecular weight is 465 g/mol. The van der Waals surface area contributed by atoms with Crippen molar-refractivity contribution in [2.24, 2.45) is 0 Å². The molecule has 2 aliphatic rings. The second-order valence-corrected chi connectivity index (χ2v) is 9.03. The molecule has 2 aliphatic heterocycles. The summed E-state index contributed by atoms with van der Waals surface area (Å²) in [5.41, 5.74) is 4.22. The largest absolute Gasteiger partial charge is 0.396 e. The van der Waals surface area contributed by atoms with Gasteiger partial charge in [0.15, 0.2) is 0 Å². The number of aliphatic hydroxyl groups is 5. The van der Waals surface area contributed by atoms with Crippen LogP contribution in [0.4, 0.5) is 0 Å². The number of fused-ring (bicyclic) bond motifs is 2. The highest BCUT2D eigenvalue weighted by molar-refractivity contribution is 6.31. The van der Waals surface area contributed by atoms with Gasteiger partial charge in [0, 0.05) is 17.2 Å². The third-order valence-electron chi connectivity index (χ3n) is 6.32. The standard InChI is InChI=1S/C24H29ClO7/c1-13(27)22-20(28)21(29)23(30)24(32-22)18-10-16(19(25)11-17(18)12-31-24)9-15-6-4-14(5-7-15)3-2-8-26/h4-7,10-11,13,20-23,26-30H,2-3,8-9,12H2,1H3/t13-,20+,21+,22-,23-,24+/m1/s1. The van der Waals surface area contributed by atoms with Crippen LogP contribution in [0.25, 0.3) is 0 Å². The van der Waals surface area contributed by atoms with Gasteiger partial charge in [-0.1, -0.05) is 35.9 Å². The molecule has 0 unspecified atom stereocenters. The van der Waals surface area contributed by atoms with Gasteiger partial charge in [0.1, 0.15) is 24.4 Å². The molecular weight excluding hydrogens is 436 g/mol.